The van der Waals surface area contributed by atoms with E-state index in [0.717, 1.165) is 11.1 Å². The summed E-state index contributed by atoms with van der Waals surface area (Å²) in [5, 5.41) is 13.8. The van der Waals surface area contributed by atoms with Crippen molar-refractivity contribution in [1.29, 1.82) is 0 Å². The second kappa shape index (κ2) is 7.35. The van der Waals surface area contributed by atoms with Crippen LogP contribution in [0.4, 0.5) is 11.4 Å². The summed E-state index contributed by atoms with van der Waals surface area (Å²) in [5.74, 6) is -0.393. The smallest absolute Gasteiger partial charge is 0.271 e. The lowest BCUT2D eigenvalue weighted by atomic mass is 10.0. The minimum atomic E-state index is -0.467. The monoisotopic (exact) mass is 353 g/mol. The first-order chi connectivity index (χ1) is 12.5. The molecule has 2 aromatic carbocycles. The van der Waals surface area contributed by atoms with Crippen LogP contribution in [0.5, 0.6) is 0 Å². The molecule has 0 saturated carbocycles. The van der Waals surface area contributed by atoms with Gasteiger partial charge in [0.05, 0.1) is 23.1 Å². The molecular weight excluding hydrogens is 334 g/mol. The van der Waals surface area contributed by atoms with Crippen molar-refractivity contribution >= 4 is 23.2 Å². The number of hydrogen-bond donors (Lipinski definition) is 1. The van der Waals surface area contributed by atoms with E-state index >= 15 is 0 Å². The number of anilines is 1. The molecule has 0 saturated heterocycles. The van der Waals surface area contributed by atoms with Crippen LogP contribution in [-0.4, -0.2) is 23.3 Å². The second-order valence-corrected chi connectivity index (χ2v) is 6.23. The SMILES string of the molecule is CC(=O)NC(CC(=O)N1CCc2ccc([N+](=O)[O-])cc21)c1ccccc1. The highest BCUT2D eigenvalue weighted by Crippen LogP contribution is 2.33. The summed E-state index contributed by atoms with van der Waals surface area (Å²) >= 11 is 0. The third-order valence-corrected chi connectivity index (χ3v) is 4.43. The molecule has 1 heterocycles. The Bertz CT molecular complexity index is 851. The van der Waals surface area contributed by atoms with Gasteiger partial charge in [0.25, 0.3) is 5.69 Å². The number of benzene rings is 2. The van der Waals surface area contributed by atoms with Crippen molar-refractivity contribution in [2.45, 2.75) is 25.8 Å². The van der Waals surface area contributed by atoms with Gasteiger partial charge in [-0.1, -0.05) is 36.4 Å². The number of hydrogen-bond acceptors (Lipinski definition) is 4. The number of fused-ring (bicyclic) bond motifs is 1. The van der Waals surface area contributed by atoms with Gasteiger partial charge in [0.1, 0.15) is 0 Å². The van der Waals surface area contributed by atoms with E-state index in [1.807, 2.05) is 30.3 Å². The molecule has 1 aliphatic rings. The van der Waals surface area contributed by atoms with Crippen LogP contribution >= 0.6 is 0 Å². The molecule has 0 aromatic heterocycles. The van der Waals surface area contributed by atoms with Crippen molar-refractivity contribution < 1.29 is 14.5 Å². The Balaban J connectivity index is 1.82. The van der Waals surface area contributed by atoms with Crippen LogP contribution < -0.4 is 10.2 Å². The van der Waals surface area contributed by atoms with Gasteiger partial charge in [-0.05, 0) is 17.5 Å². The Hall–Kier alpha value is -3.22. The summed E-state index contributed by atoms with van der Waals surface area (Å²) in [6, 6.07) is 13.4. The number of rotatable bonds is 5. The molecule has 7 nitrogen and oxygen atoms in total. The largest absolute Gasteiger partial charge is 0.349 e. The fraction of sp³-hybridized carbons (Fsp3) is 0.263. The van der Waals surface area contributed by atoms with Crippen molar-refractivity contribution in [1.82, 2.24) is 5.32 Å². The zero-order chi connectivity index (χ0) is 18.7. The van der Waals surface area contributed by atoms with Gasteiger partial charge >= 0.3 is 0 Å². The number of nitrogens with zero attached hydrogens (tertiary/aromatic N) is 2. The molecule has 1 atom stereocenters. The lowest BCUT2D eigenvalue weighted by Gasteiger charge is -2.22. The van der Waals surface area contributed by atoms with Crippen LogP contribution in [0.2, 0.25) is 0 Å². The number of nitrogens with one attached hydrogen (secondary N) is 1. The van der Waals surface area contributed by atoms with Gasteiger partial charge in [-0.2, -0.15) is 0 Å². The van der Waals surface area contributed by atoms with E-state index in [1.54, 1.807) is 11.0 Å². The molecular formula is C19H19N3O4. The summed E-state index contributed by atoms with van der Waals surface area (Å²) in [7, 11) is 0. The first-order valence-electron chi connectivity index (χ1n) is 8.35. The Morgan fingerprint density at radius 2 is 1.96 bits per heavy atom. The van der Waals surface area contributed by atoms with Crippen molar-refractivity contribution in [3.8, 4) is 0 Å². The quantitative estimate of drug-likeness (QED) is 0.661. The lowest BCUT2D eigenvalue weighted by Crippen LogP contribution is -2.35. The van der Waals surface area contributed by atoms with Crippen LogP contribution in [0, 0.1) is 10.1 Å². The van der Waals surface area contributed by atoms with E-state index in [4.69, 9.17) is 0 Å². The maximum Gasteiger partial charge on any atom is 0.271 e. The van der Waals surface area contributed by atoms with Gasteiger partial charge in [-0.3, -0.25) is 19.7 Å². The van der Waals surface area contributed by atoms with Gasteiger partial charge in [-0.15, -0.1) is 0 Å². The maximum atomic E-state index is 12.9. The molecule has 1 unspecified atom stereocenters. The molecule has 1 aliphatic heterocycles. The van der Waals surface area contributed by atoms with Gasteiger partial charge in [0.15, 0.2) is 0 Å². The summed E-state index contributed by atoms with van der Waals surface area (Å²) < 4.78 is 0. The molecule has 0 bridgehead atoms. The van der Waals surface area contributed by atoms with Crippen LogP contribution in [0.15, 0.2) is 48.5 Å². The Labute approximate surface area is 150 Å². The molecule has 0 fully saturated rings. The molecule has 1 N–H and O–H groups in total. The summed E-state index contributed by atoms with van der Waals surface area (Å²) in [6.07, 6.45) is 0.751. The highest BCUT2D eigenvalue weighted by Gasteiger charge is 2.29. The van der Waals surface area contributed by atoms with Gasteiger partial charge in [-0.25, -0.2) is 0 Å². The average molecular weight is 353 g/mol. The minimum Gasteiger partial charge on any atom is -0.349 e. The first kappa shape index (κ1) is 17.6. The summed E-state index contributed by atoms with van der Waals surface area (Å²) in [4.78, 5) is 36.5. The zero-order valence-corrected chi connectivity index (χ0v) is 14.3. The minimum absolute atomic E-state index is 0.0371. The van der Waals surface area contributed by atoms with E-state index in [-0.39, 0.29) is 23.9 Å². The molecule has 0 radical (unpaired) electrons. The Morgan fingerprint density at radius 3 is 2.62 bits per heavy atom. The van der Waals surface area contributed by atoms with Crippen molar-refractivity contribution in [2.75, 3.05) is 11.4 Å². The topological polar surface area (TPSA) is 92.6 Å². The van der Waals surface area contributed by atoms with E-state index in [0.29, 0.717) is 18.7 Å². The van der Waals surface area contributed by atoms with E-state index in [2.05, 4.69) is 5.32 Å². The first-order valence-corrected chi connectivity index (χ1v) is 8.35. The predicted molar refractivity (Wildman–Crippen MR) is 96.8 cm³/mol. The number of non-ortho nitro benzene ring substituents is 1. The standard InChI is InChI=1S/C19H19N3O4/c1-13(23)20-17(14-5-3-2-4-6-14)12-19(24)21-10-9-15-7-8-16(22(25)26)11-18(15)21/h2-8,11,17H,9-10,12H2,1H3,(H,20,23). The zero-order valence-electron chi connectivity index (χ0n) is 14.3. The molecule has 2 aromatic rings. The second-order valence-electron chi connectivity index (χ2n) is 6.23. The van der Waals surface area contributed by atoms with Crippen LogP contribution in [0.1, 0.15) is 30.5 Å². The van der Waals surface area contributed by atoms with Crippen molar-refractivity contribution in [3.05, 3.63) is 69.8 Å². The Morgan fingerprint density at radius 1 is 1.23 bits per heavy atom. The predicted octanol–water partition coefficient (Wildman–Crippen LogP) is 2.75. The fourth-order valence-electron chi connectivity index (χ4n) is 3.21. The lowest BCUT2D eigenvalue weighted by molar-refractivity contribution is -0.384. The summed E-state index contributed by atoms with van der Waals surface area (Å²) in [5.41, 5.74) is 2.30. The number of carbonyl (C=O) groups excluding carboxylic acids is 2. The summed E-state index contributed by atoms with van der Waals surface area (Å²) in [6.45, 7) is 1.89. The third-order valence-electron chi connectivity index (χ3n) is 4.43. The molecule has 7 heteroatoms. The average Bonchev–Trinajstić information content (AvgIpc) is 3.04. The molecule has 26 heavy (non-hydrogen) atoms. The van der Waals surface area contributed by atoms with Crippen molar-refractivity contribution in [3.63, 3.8) is 0 Å². The van der Waals surface area contributed by atoms with Crippen LogP contribution in [-0.2, 0) is 16.0 Å². The normalized spacial score (nSPS) is 13.8. The molecule has 134 valence electrons. The van der Waals surface area contributed by atoms with E-state index in [9.17, 15) is 19.7 Å². The van der Waals surface area contributed by atoms with E-state index in [1.165, 1.54) is 19.1 Å². The fourth-order valence-corrected chi connectivity index (χ4v) is 3.21. The Kier molecular flexibility index (Phi) is 4.97. The third kappa shape index (κ3) is 3.72. The highest BCUT2D eigenvalue weighted by atomic mass is 16.6. The molecule has 0 spiro atoms. The van der Waals surface area contributed by atoms with Crippen molar-refractivity contribution in [2.24, 2.45) is 0 Å². The molecule has 2 amide bonds. The number of nitro groups is 1. The maximum absolute atomic E-state index is 12.9. The number of nitro benzene ring substituents is 1. The number of amides is 2. The van der Waals surface area contributed by atoms with Crippen LogP contribution in [0.3, 0.4) is 0 Å². The number of carbonyl (C=O) groups is 2. The van der Waals surface area contributed by atoms with E-state index < -0.39 is 11.0 Å². The highest BCUT2D eigenvalue weighted by molar-refractivity contribution is 5.96. The van der Waals surface area contributed by atoms with Gasteiger partial charge < -0.3 is 10.2 Å². The molecule has 3 rings (SSSR count). The van der Waals surface area contributed by atoms with Gasteiger partial charge in [0, 0.05) is 25.6 Å². The van der Waals surface area contributed by atoms with Crippen LogP contribution in [0.25, 0.3) is 0 Å². The molecule has 0 aliphatic carbocycles. The van der Waals surface area contributed by atoms with Gasteiger partial charge in [0.2, 0.25) is 11.8 Å².